The van der Waals surface area contributed by atoms with Crippen molar-refractivity contribution >= 4 is 0 Å². The number of rotatable bonds is 6. The predicted octanol–water partition coefficient (Wildman–Crippen LogP) is 2.57. The Morgan fingerprint density at radius 1 is 1.25 bits per heavy atom. The molecule has 0 aliphatic carbocycles. The summed E-state index contributed by atoms with van der Waals surface area (Å²) < 4.78 is 29.6. The molecule has 0 saturated heterocycles. The van der Waals surface area contributed by atoms with Crippen LogP contribution in [0.25, 0.3) is 0 Å². The second kappa shape index (κ2) is 6.09. The Morgan fingerprint density at radius 2 is 1.95 bits per heavy atom. The molecule has 0 bridgehead atoms. The van der Waals surface area contributed by atoms with Gasteiger partial charge in [-0.05, 0) is 0 Å². The number of nitrogens with zero attached hydrogens (tertiary/aromatic N) is 3. The van der Waals surface area contributed by atoms with Crippen LogP contribution in [0.2, 0.25) is 0 Å². The molecule has 1 aromatic carbocycles. The molecule has 6 heteroatoms. The maximum atomic E-state index is 14.2. The van der Waals surface area contributed by atoms with Crippen LogP contribution in [0.1, 0.15) is 25.2 Å². The van der Waals surface area contributed by atoms with Crippen LogP contribution < -0.4 is 5.32 Å². The largest absolute Gasteiger partial charge is 0.308 e. The molecule has 0 amide bonds. The van der Waals surface area contributed by atoms with Crippen molar-refractivity contribution in [2.75, 3.05) is 0 Å². The molecule has 0 spiro atoms. The van der Waals surface area contributed by atoms with Gasteiger partial charge in [0.05, 0.1) is 6.54 Å². The van der Waals surface area contributed by atoms with Gasteiger partial charge < -0.3 is 5.32 Å². The number of alkyl halides is 2. The molecule has 0 radical (unpaired) electrons. The summed E-state index contributed by atoms with van der Waals surface area (Å²) in [6.45, 7) is 3.88. The monoisotopic (exact) mass is 280 g/mol. The van der Waals surface area contributed by atoms with E-state index in [2.05, 4.69) is 15.4 Å². The Balaban J connectivity index is 2.12. The first-order chi connectivity index (χ1) is 9.49. The van der Waals surface area contributed by atoms with Gasteiger partial charge in [0, 0.05) is 11.6 Å². The van der Waals surface area contributed by atoms with Crippen molar-refractivity contribution in [1.29, 1.82) is 0 Å². The Hall–Kier alpha value is -1.82. The van der Waals surface area contributed by atoms with Crippen LogP contribution in [0.5, 0.6) is 0 Å². The molecule has 108 valence electrons. The van der Waals surface area contributed by atoms with Gasteiger partial charge in [0.15, 0.2) is 0 Å². The third-order valence-electron chi connectivity index (χ3n) is 2.91. The summed E-state index contributed by atoms with van der Waals surface area (Å²) in [4.78, 5) is 4.02. The van der Waals surface area contributed by atoms with Crippen molar-refractivity contribution in [3.8, 4) is 0 Å². The Labute approximate surface area is 116 Å². The zero-order valence-corrected chi connectivity index (χ0v) is 11.6. The van der Waals surface area contributed by atoms with Crippen LogP contribution in [0.15, 0.2) is 36.7 Å². The first-order valence-corrected chi connectivity index (χ1v) is 6.52. The highest BCUT2D eigenvalue weighted by molar-refractivity contribution is 5.19. The Morgan fingerprint density at radius 3 is 2.60 bits per heavy atom. The van der Waals surface area contributed by atoms with Crippen LogP contribution in [0.4, 0.5) is 8.78 Å². The Bertz CT molecular complexity index is 537. The molecular weight excluding hydrogens is 262 g/mol. The number of aromatic nitrogens is 3. The second-order valence-corrected chi connectivity index (χ2v) is 4.94. The highest BCUT2D eigenvalue weighted by Crippen LogP contribution is 2.29. The van der Waals surface area contributed by atoms with Crippen molar-refractivity contribution in [3.05, 3.63) is 48.0 Å². The van der Waals surface area contributed by atoms with Gasteiger partial charge in [0.25, 0.3) is 5.92 Å². The van der Waals surface area contributed by atoms with E-state index >= 15 is 0 Å². The van der Waals surface area contributed by atoms with E-state index in [-0.39, 0.29) is 11.6 Å². The molecule has 2 aromatic rings. The van der Waals surface area contributed by atoms with Crippen molar-refractivity contribution in [3.63, 3.8) is 0 Å². The fourth-order valence-corrected chi connectivity index (χ4v) is 1.81. The summed E-state index contributed by atoms with van der Waals surface area (Å²) in [6, 6.07) is 8.02. The van der Waals surface area contributed by atoms with Crippen LogP contribution in [-0.4, -0.2) is 20.8 Å². The summed E-state index contributed by atoms with van der Waals surface area (Å²) >= 11 is 0. The van der Waals surface area contributed by atoms with E-state index in [0.717, 1.165) is 0 Å². The fraction of sp³-hybridized carbons (Fsp3) is 0.429. The molecule has 0 atom stereocenters. The SMILES string of the molecule is CC(C)NCc1ncnn1CC(F)(F)c1ccccc1. The lowest BCUT2D eigenvalue weighted by Gasteiger charge is -2.18. The third kappa shape index (κ3) is 3.60. The zero-order valence-electron chi connectivity index (χ0n) is 11.6. The zero-order chi connectivity index (χ0) is 14.6. The molecule has 20 heavy (non-hydrogen) atoms. The lowest BCUT2D eigenvalue weighted by atomic mass is 10.1. The fourth-order valence-electron chi connectivity index (χ4n) is 1.81. The lowest BCUT2D eigenvalue weighted by Crippen LogP contribution is -2.27. The van der Waals surface area contributed by atoms with Gasteiger partial charge >= 0.3 is 0 Å². The van der Waals surface area contributed by atoms with Gasteiger partial charge in [0.2, 0.25) is 0 Å². The topological polar surface area (TPSA) is 42.7 Å². The Kier molecular flexibility index (Phi) is 4.44. The van der Waals surface area contributed by atoms with Gasteiger partial charge in [-0.1, -0.05) is 44.2 Å². The van der Waals surface area contributed by atoms with Crippen LogP contribution in [0, 0.1) is 0 Å². The van der Waals surface area contributed by atoms with E-state index in [4.69, 9.17) is 0 Å². The summed E-state index contributed by atoms with van der Waals surface area (Å²) in [5, 5.41) is 7.04. The maximum absolute atomic E-state index is 14.2. The smallest absolute Gasteiger partial charge is 0.292 e. The lowest BCUT2D eigenvalue weighted by molar-refractivity contribution is -0.0263. The quantitative estimate of drug-likeness (QED) is 0.884. The summed E-state index contributed by atoms with van der Waals surface area (Å²) in [6.07, 6.45) is 1.30. The number of nitrogens with one attached hydrogen (secondary N) is 1. The number of benzene rings is 1. The van der Waals surface area contributed by atoms with E-state index in [1.807, 2.05) is 13.8 Å². The predicted molar refractivity (Wildman–Crippen MR) is 72.3 cm³/mol. The van der Waals surface area contributed by atoms with Crippen molar-refractivity contribution in [1.82, 2.24) is 20.1 Å². The minimum Gasteiger partial charge on any atom is -0.308 e. The standard InChI is InChI=1S/C14H18F2N4/c1-11(2)17-8-13-18-10-19-20(13)9-14(15,16)12-6-4-3-5-7-12/h3-7,10-11,17H,8-9H2,1-2H3. The number of halogens is 2. The molecule has 0 aliphatic heterocycles. The molecule has 2 rings (SSSR count). The maximum Gasteiger partial charge on any atom is 0.292 e. The summed E-state index contributed by atoms with van der Waals surface area (Å²) in [7, 11) is 0. The van der Waals surface area contributed by atoms with E-state index in [0.29, 0.717) is 12.4 Å². The van der Waals surface area contributed by atoms with Gasteiger partial charge in [0.1, 0.15) is 18.7 Å². The minimum absolute atomic E-state index is 0.0155. The van der Waals surface area contributed by atoms with Gasteiger partial charge in [-0.3, -0.25) is 0 Å². The van der Waals surface area contributed by atoms with Crippen LogP contribution >= 0.6 is 0 Å². The second-order valence-electron chi connectivity index (χ2n) is 4.94. The van der Waals surface area contributed by atoms with Crippen molar-refractivity contribution in [2.24, 2.45) is 0 Å². The molecule has 1 heterocycles. The van der Waals surface area contributed by atoms with E-state index in [9.17, 15) is 8.78 Å². The van der Waals surface area contributed by atoms with Gasteiger partial charge in [-0.15, -0.1) is 0 Å². The number of hydrogen-bond donors (Lipinski definition) is 1. The molecule has 0 aliphatic rings. The minimum atomic E-state index is -2.97. The van der Waals surface area contributed by atoms with Crippen LogP contribution in [0.3, 0.4) is 0 Å². The normalized spacial score (nSPS) is 12.1. The van der Waals surface area contributed by atoms with E-state index < -0.39 is 12.5 Å². The highest BCUT2D eigenvalue weighted by Gasteiger charge is 2.33. The summed E-state index contributed by atoms with van der Waals surface area (Å²) in [5.41, 5.74) is -0.0155. The van der Waals surface area contributed by atoms with Gasteiger partial charge in [-0.2, -0.15) is 13.9 Å². The third-order valence-corrected chi connectivity index (χ3v) is 2.91. The average molecular weight is 280 g/mol. The molecule has 1 aromatic heterocycles. The molecule has 1 N–H and O–H groups in total. The molecule has 0 fully saturated rings. The summed E-state index contributed by atoms with van der Waals surface area (Å²) in [5.74, 6) is -2.46. The van der Waals surface area contributed by atoms with Crippen molar-refractivity contribution < 1.29 is 8.78 Å². The van der Waals surface area contributed by atoms with E-state index in [1.54, 1.807) is 18.2 Å². The van der Waals surface area contributed by atoms with Gasteiger partial charge in [-0.25, -0.2) is 9.67 Å². The first kappa shape index (κ1) is 14.6. The molecule has 0 saturated carbocycles. The average Bonchev–Trinajstić information content (AvgIpc) is 2.84. The van der Waals surface area contributed by atoms with Crippen LogP contribution in [-0.2, 0) is 19.0 Å². The van der Waals surface area contributed by atoms with E-state index in [1.165, 1.54) is 23.1 Å². The number of hydrogen-bond acceptors (Lipinski definition) is 3. The first-order valence-electron chi connectivity index (χ1n) is 6.52. The highest BCUT2D eigenvalue weighted by atomic mass is 19.3. The molecule has 4 nitrogen and oxygen atoms in total. The van der Waals surface area contributed by atoms with Crippen molar-refractivity contribution in [2.45, 2.75) is 38.9 Å². The molecule has 0 unspecified atom stereocenters. The molecular formula is C14H18F2N4.